The third kappa shape index (κ3) is 3.70. The van der Waals surface area contributed by atoms with Crippen molar-refractivity contribution < 1.29 is 19.1 Å². The number of nitrogens with zero attached hydrogens (tertiary/aromatic N) is 2. The van der Waals surface area contributed by atoms with E-state index in [0.29, 0.717) is 35.0 Å². The highest BCUT2D eigenvalue weighted by Crippen LogP contribution is 2.49. The van der Waals surface area contributed by atoms with E-state index in [9.17, 15) is 14.4 Å². The Morgan fingerprint density at radius 1 is 1.24 bits per heavy atom. The number of fused-ring (bicyclic) bond motifs is 5. The summed E-state index contributed by atoms with van der Waals surface area (Å²) in [5, 5.41) is 3.44. The fourth-order valence-corrected chi connectivity index (χ4v) is 9.61. The summed E-state index contributed by atoms with van der Waals surface area (Å²) in [6.07, 6.45) is -0.632. The Labute approximate surface area is 223 Å². The van der Waals surface area contributed by atoms with Crippen LogP contribution in [-0.4, -0.2) is 36.7 Å². The first-order valence-corrected chi connectivity index (χ1v) is 16.4. The quantitative estimate of drug-likeness (QED) is 0.277. The van der Waals surface area contributed by atoms with E-state index in [2.05, 4.69) is 45.2 Å². The van der Waals surface area contributed by atoms with Gasteiger partial charge in [-0.15, -0.1) is 0 Å². The molecular weight excluding hydrogens is 498 g/mol. The predicted octanol–water partition coefficient (Wildman–Crippen LogP) is 5.28. The van der Waals surface area contributed by atoms with Crippen LogP contribution >= 0.6 is 0 Å². The molecule has 1 aromatic carbocycles. The molecular formula is C29H35N3O5Si. The number of alkyl carbamates (subject to hydrolysis) is 1. The van der Waals surface area contributed by atoms with E-state index in [1.54, 1.807) is 11.5 Å². The van der Waals surface area contributed by atoms with E-state index in [1.807, 2.05) is 30.3 Å². The number of benzene rings is 1. The summed E-state index contributed by atoms with van der Waals surface area (Å²) in [6, 6.07) is 11.7. The van der Waals surface area contributed by atoms with E-state index in [4.69, 9.17) is 14.5 Å². The van der Waals surface area contributed by atoms with Crippen molar-refractivity contribution in [2.45, 2.75) is 70.6 Å². The molecule has 0 saturated heterocycles. The van der Waals surface area contributed by atoms with E-state index in [-0.39, 0.29) is 17.5 Å². The van der Waals surface area contributed by atoms with E-state index in [1.165, 1.54) is 7.05 Å². The van der Waals surface area contributed by atoms with Crippen molar-refractivity contribution in [1.82, 2.24) is 14.9 Å². The lowest BCUT2D eigenvalue weighted by molar-refractivity contribution is -0.174. The van der Waals surface area contributed by atoms with Crippen LogP contribution < -0.4 is 10.9 Å². The number of rotatable bonds is 5. The lowest BCUT2D eigenvalue weighted by atomic mass is 9.85. The average molecular weight is 534 g/mol. The Kier molecular flexibility index (Phi) is 6.25. The molecule has 0 bridgehead atoms. The summed E-state index contributed by atoms with van der Waals surface area (Å²) in [5.41, 5.74) is 1.58. The molecule has 0 aliphatic carbocycles. The fourth-order valence-electron chi connectivity index (χ4n) is 5.98. The number of aromatic nitrogens is 2. The SMILES string of the molecule is CCC1(OC(=O)NC)C(=O)OC([Si](C)(C)C(C)C(C)C)c2c1cc1n(c2=O)Cc2cc3ccccc3nc2-1. The second kappa shape index (κ2) is 9.08. The van der Waals surface area contributed by atoms with Gasteiger partial charge in [-0.2, -0.15) is 0 Å². The number of cyclic esters (lactones) is 1. The van der Waals surface area contributed by atoms with Gasteiger partial charge in [-0.25, -0.2) is 14.6 Å². The molecule has 4 heterocycles. The van der Waals surface area contributed by atoms with Crippen LogP contribution in [0.2, 0.25) is 18.6 Å². The minimum atomic E-state index is -2.40. The monoisotopic (exact) mass is 533 g/mol. The van der Waals surface area contributed by atoms with Crippen LogP contribution in [-0.2, 0) is 26.4 Å². The van der Waals surface area contributed by atoms with Crippen LogP contribution in [0.15, 0.2) is 41.2 Å². The maximum atomic E-state index is 14.4. The molecule has 0 spiro atoms. The van der Waals surface area contributed by atoms with Crippen molar-refractivity contribution in [3.05, 3.63) is 63.4 Å². The molecule has 3 unspecified atom stereocenters. The highest BCUT2D eigenvalue weighted by molar-refractivity contribution is 6.80. The summed E-state index contributed by atoms with van der Waals surface area (Å²) >= 11 is 0. The van der Waals surface area contributed by atoms with Crippen LogP contribution in [0.4, 0.5) is 4.79 Å². The molecule has 200 valence electrons. The molecule has 0 radical (unpaired) electrons. The van der Waals surface area contributed by atoms with Crippen molar-refractivity contribution in [2.24, 2.45) is 5.92 Å². The maximum Gasteiger partial charge on any atom is 0.408 e. The highest BCUT2D eigenvalue weighted by atomic mass is 28.3. The second-order valence-corrected chi connectivity index (χ2v) is 16.5. The number of carbonyl (C=O) groups is 2. The Balaban J connectivity index is 1.81. The molecule has 1 N–H and O–H groups in total. The van der Waals surface area contributed by atoms with Gasteiger partial charge in [0.25, 0.3) is 5.56 Å². The Morgan fingerprint density at radius 2 is 1.95 bits per heavy atom. The largest absolute Gasteiger partial charge is 0.458 e. The smallest absolute Gasteiger partial charge is 0.408 e. The summed E-state index contributed by atoms with van der Waals surface area (Å²) in [7, 11) is -0.960. The molecule has 1 amide bonds. The molecule has 38 heavy (non-hydrogen) atoms. The highest BCUT2D eigenvalue weighted by Gasteiger charge is 2.57. The Morgan fingerprint density at radius 3 is 2.61 bits per heavy atom. The first-order valence-electron chi connectivity index (χ1n) is 13.2. The summed E-state index contributed by atoms with van der Waals surface area (Å²) < 4.78 is 13.7. The van der Waals surface area contributed by atoms with Gasteiger partial charge in [-0.05, 0) is 36.1 Å². The minimum Gasteiger partial charge on any atom is -0.458 e. The van der Waals surface area contributed by atoms with Crippen molar-refractivity contribution in [1.29, 1.82) is 0 Å². The Bertz CT molecular complexity index is 1530. The van der Waals surface area contributed by atoms with Crippen molar-refractivity contribution in [3.8, 4) is 11.4 Å². The first kappa shape index (κ1) is 26.2. The summed E-state index contributed by atoms with van der Waals surface area (Å²) in [6.45, 7) is 12.9. The standard InChI is InChI=1S/C29H35N3O5Si/c1-8-29(37-28(35)30-5)20-14-22-24-19(13-18-11-9-10-12-21(18)31-24)15-32(22)25(33)23(20)26(36-27(29)34)38(6,7)17(4)16(2)3/h9-14,16-17,26H,8,15H2,1-7H3,(H,30,35). The average Bonchev–Trinajstić information content (AvgIpc) is 3.25. The zero-order valence-corrected chi connectivity index (χ0v) is 24.0. The molecule has 2 aromatic heterocycles. The van der Waals surface area contributed by atoms with E-state index in [0.717, 1.165) is 16.5 Å². The van der Waals surface area contributed by atoms with Crippen LogP contribution in [0.1, 0.15) is 56.5 Å². The first-order chi connectivity index (χ1) is 18.0. The van der Waals surface area contributed by atoms with Gasteiger partial charge >= 0.3 is 12.1 Å². The molecule has 8 nitrogen and oxygen atoms in total. The lowest BCUT2D eigenvalue weighted by Gasteiger charge is -2.45. The van der Waals surface area contributed by atoms with Crippen molar-refractivity contribution in [2.75, 3.05) is 7.05 Å². The van der Waals surface area contributed by atoms with Gasteiger partial charge in [0.15, 0.2) is 0 Å². The second-order valence-electron chi connectivity index (χ2n) is 11.4. The van der Waals surface area contributed by atoms with Gasteiger partial charge < -0.3 is 19.4 Å². The van der Waals surface area contributed by atoms with Crippen LogP contribution in [0, 0.1) is 5.92 Å². The third-order valence-electron chi connectivity index (χ3n) is 8.78. The number of esters is 1. The van der Waals surface area contributed by atoms with Gasteiger partial charge in [-0.3, -0.25) is 4.79 Å². The zero-order valence-electron chi connectivity index (χ0n) is 23.0. The minimum absolute atomic E-state index is 0.127. The molecule has 5 rings (SSSR count). The molecule has 2 aliphatic rings. The zero-order chi connectivity index (χ0) is 27.6. The molecule has 0 saturated carbocycles. The fraction of sp³-hybridized carbons (Fsp3) is 0.448. The van der Waals surface area contributed by atoms with E-state index < -0.39 is 31.5 Å². The van der Waals surface area contributed by atoms with Crippen LogP contribution in [0.5, 0.6) is 0 Å². The van der Waals surface area contributed by atoms with Crippen LogP contribution in [0.25, 0.3) is 22.3 Å². The number of hydrogen-bond acceptors (Lipinski definition) is 6. The molecule has 0 fully saturated rings. The van der Waals surface area contributed by atoms with Gasteiger partial charge in [0.2, 0.25) is 5.60 Å². The number of nitrogens with one attached hydrogen (secondary N) is 1. The Hall–Kier alpha value is -3.46. The predicted molar refractivity (Wildman–Crippen MR) is 149 cm³/mol. The number of pyridine rings is 2. The van der Waals surface area contributed by atoms with Gasteiger partial charge in [0.05, 0.1) is 29.0 Å². The maximum absolute atomic E-state index is 14.4. The van der Waals surface area contributed by atoms with E-state index >= 15 is 0 Å². The molecule has 3 aromatic rings. The lowest BCUT2D eigenvalue weighted by Crippen LogP contribution is -2.55. The van der Waals surface area contributed by atoms with Crippen molar-refractivity contribution >= 4 is 31.0 Å². The number of para-hydroxylation sites is 1. The van der Waals surface area contributed by atoms with Gasteiger partial charge in [0.1, 0.15) is 13.8 Å². The van der Waals surface area contributed by atoms with Gasteiger partial charge in [-0.1, -0.05) is 59.0 Å². The number of carbonyl (C=O) groups excluding carboxylic acids is 2. The van der Waals surface area contributed by atoms with Crippen LogP contribution in [0.3, 0.4) is 0 Å². The molecule has 9 heteroatoms. The van der Waals surface area contributed by atoms with Crippen molar-refractivity contribution in [3.63, 3.8) is 0 Å². The molecule has 2 aliphatic heterocycles. The summed E-state index contributed by atoms with van der Waals surface area (Å²) in [4.78, 5) is 45.6. The summed E-state index contributed by atoms with van der Waals surface area (Å²) in [5.74, 6) is -0.288. The van der Waals surface area contributed by atoms with Gasteiger partial charge in [0, 0.05) is 23.6 Å². The normalized spacial score (nSPS) is 20.9. The topological polar surface area (TPSA) is 99.5 Å². The number of ether oxygens (including phenoxy) is 2. The number of hydrogen-bond donors (Lipinski definition) is 1. The third-order valence-corrected chi connectivity index (χ3v) is 13.6. The molecule has 3 atom stereocenters. The number of amides is 1.